The van der Waals surface area contributed by atoms with E-state index in [1.54, 1.807) is 12.1 Å². The Hall–Kier alpha value is -2.32. The quantitative estimate of drug-likeness (QED) is 0.787. The first-order valence-electron chi connectivity index (χ1n) is 6.68. The van der Waals surface area contributed by atoms with Crippen molar-refractivity contribution in [3.63, 3.8) is 0 Å². The number of thiazole rings is 1. The highest BCUT2D eigenvalue weighted by atomic mass is 32.2. The van der Waals surface area contributed by atoms with Crippen LogP contribution in [0.5, 0.6) is 0 Å². The number of anilines is 1. The van der Waals surface area contributed by atoms with Crippen LogP contribution in [0.1, 0.15) is 6.92 Å². The summed E-state index contributed by atoms with van der Waals surface area (Å²) in [6.45, 7) is 1.43. The lowest BCUT2D eigenvalue weighted by Crippen LogP contribution is -2.04. The second-order valence-corrected chi connectivity index (χ2v) is 8.01. The maximum absolute atomic E-state index is 11.6. The minimum atomic E-state index is -3.35. The van der Waals surface area contributed by atoms with Crippen LogP contribution in [0.25, 0.3) is 21.5 Å². The van der Waals surface area contributed by atoms with Gasteiger partial charge in [-0.1, -0.05) is 23.5 Å². The minimum absolute atomic E-state index is 0.0401. The molecule has 6 nitrogen and oxygen atoms in total. The number of nitrogens with zero attached hydrogens (tertiary/aromatic N) is 2. The molecule has 118 valence electrons. The highest BCUT2D eigenvalue weighted by molar-refractivity contribution is 7.90. The smallest absolute Gasteiger partial charge is 0.223 e. The van der Waals surface area contributed by atoms with Gasteiger partial charge in [0.1, 0.15) is 0 Å². The zero-order chi connectivity index (χ0) is 16.6. The van der Waals surface area contributed by atoms with Crippen LogP contribution < -0.4 is 5.32 Å². The van der Waals surface area contributed by atoms with Crippen molar-refractivity contribution in [1.82, 2.24) is 9.97 Å². The number of fused-ring (bicyclic) bond motifs is 1. The van der Waals surface area contributed by atoms with E-state index < -0.39 is 9.84 Å². The summed E-state index contributed by atoms with van der Waals surface area (Å²) in [4.78, 5) is 19.6. The van der Waals surface area contributed by atoms with Gasteiger partial charge in [0.15, 0.2) is 20.0 Å². The molecule has 3 aromatic rings. The standard InChI is InChI=1S/C15H13N3O3S2/c1-9(19)16-15-18-12-7-6-10(8-13(12)22-15)11-4-3-5-14(17-11)23(2,20)21/h3-8H,1-2H3,(H,16,18,19). The summed E-state index contributed by atoms with van der Waals surface area (Å²) >= 11 is 1.36. The zero-order valence-electron chi connectivity index (χ0n) is 12.4. The van der Waals surface area contributed by atoms with Gasteiger partial charge in [0, 0.05) is 18.7 Å². The molecule has 0 aliphatic rings. The Morgan fingerprint density at radius 2 is 1.96 bits per heavy atom. The van der Waals surface area contributed by atoms with Crippen LogP contribution in [-0.4, -0.2) is 30.5 Å². The maximum atomic E-state index is 11.6. The average Bonchev–Trinajstić information content (AvgIpc) is 2.86. The average molecular weight is 347 g/mol. The van der Waals surface area contributed by atoms with Gasteiger partial charge in [-0.05, 0) is 24.3 Å². The molecule has 1 aromatic carbocycles. The van der Waals surface area contributed by atoms with Crippen LogP contribution in [-0.2, 0) is 14.6 Å². The Bertz CT molecular complexity index is 1010. The molecule has 0 spiro atoms. The lowest BCUT2D eigenvalue weighted by atomic mass is 10.1. The van der Waals surface area contributed by atoms with E-state index in [1.165, 1.54) is 24.3 Å². The molecule has 2 heterocycles. The topological polar surface area (TPSA) is 89.0 Å². The Morgan fingerprint density at radius 3 is 2.65 bits per heavy atom. The Morgan fingerprint density at radius 1 is 1.17 bits per heavy atom. The van der Waals surface area contributed by atoms with E-state index in [0.717, 1.165) is 22.0 Å². The van der Waals surface area contributed by atoms with Gasteiger partial charge in [0.05, 0.1) is 15.9 Å². The first-order chi connectivity index (χ1) is 10.8. The molecule has 0 aliphatic heterocycles. The molecule has 0 aliphatic carbocycles. The first kappa shape index (κ1) is 15.6. The summed E-state index contributed by atoms with van der Waals surface area (Å²) in [5.74, 6) is -0.174. The number of pyridine rings is 1. The highest BCUT2D eigenvalue weighted by Crippen LogP contribution is 2.30. The van der Waals surface area contributed by atoms with Crippen LogP contribution in [0.4, 0.5) is 5.13 Å². The number of aromatic nitrogens is 2. The summed E-state index contributed by atoms with van der Waals surface area (Å²) in [5.41, 5.74) is 2.13. The molecular weight excluding hydrogens is 334 g/mol. The molecule has 23 heavy (non-hydrogen) atoms. The number of rotatable bonds is 3. The van der Waals surface area contributed by atoms with Crippen molar-refractivity contribution in [2.75, 3.05) is 11.6 Å². The summed E-state index contributed by atoms with van der Waals surface area (Å²) in [5, 5.41) is 3.23. The van der Waals surface area contributed by atoms with Crippen LogP contribution in [0, 0.1) is 0 Å². The second-order valence-electron chi connectivity index (χ2n) is 5.02. The largest absolute Gasteiger partial charge is 0.302 e. The van der Waals surface area contributed by atoms with E-state index >= 15 is 0 Å². The lowest BCUT2D eigenvalue weighted by molar-refractivity contribution is -0.114. The van der Waals surface area contributed by atoms with Crippen molar-refractivity contribution in [3.8, 4) is 11.3 Å². The molecule has 0 unspecified atom stereocenters. The number of hydrogen-bond acceptors (Lipinski definition) is 6. The summed E-state index contributed by atoms with van der Waals surface area (Å²) in [7, 11) is -3.35. The number of carbonyl (C=O) groups excluding carboxylic acids is 1. The predicted molar refractivity (Wildman–Crippen MR) is 90.3 cm³/mol. The third kappa shape index (κ3) is 3.38. The van der Waals surface area contributed by atoms with E-state index in [9.17, 15) is 13.2 Å². The van der Waals surface area contributed by atoms with Gasteiger partial charge in [-0.15, -0.1) is 0 Å². The number of carbonyl (C=O) groups is 1. The summed E-state index contributed by atoms with van der Waals surface area (Å²) < 4.78 is 24.1. The summed E-state index contributed by atoms with van der Waals surface area (Å²) in [6.07, 6.45) is 1.13. The molecule has 0 atom stereocenters. The molecule has 3 rings (SSSR count). The molecule has 8 heteroatoms. The Labute approximate surface area is 137 Å². The van der Waals surface area contributed by atoms with Crippen molar-refractivity contribution in [2.45, 2.75) is 11.9 Å². The van der Waals surface area contributed by atoms with Crippen LogP contribution >= 0.6 is 11.3 Å². The van der Waals surface area contributed by atoms with E-state index in [1.807, 2.05) is 18.2 Å². The van der Waals surface area contributed by atoms with Gasteiger partial charge >= 0.3 is 0 Å². The minimum Gasteiger partial charge on any atom is -0.302 e. The number of benzene rings is 1. The van der Waals surface area contributed by atoms with Gasteiger partial charge in [0.25, 0.3) is 0 Å². The SMILES string of the molecule is CC(=O)Nc1nc2ccc(-c3cccc(S(C)(=O)=O)n3)cc2s1. The number of amides is 1. The fourth-order valence-electron chi connectivity index (χ4n) is 2.07. The second kappa shape index (κ2) is 5.71. The molecule has 2 aromatic heterocycles. The number of nitrogens with one attached hydrogen (secondary N) is 1. The molecule has 0 fully saturated rings. The van der Waals surface area contributed by atoms with Crippen molar-refractivity contribution in [2.24, 2.45) is 0 Å². The van der Waals surface area contributed by atoms with E-state index in [0.29, 0.717) is 10.8 Å². The monoisotopic (exact) mass is 347 g/mol. The fraction of sp³-hybridized carbons (Fsp3) is 0.133. The zero-order valence-corrected chi connectivity index (χ0v) is 14.0. The Balaban J connectivity index is 2.05. The highest BCUT2D eigenvalue weighted by Gasteiger charge is 2.11. The maximum Gasteiger partial charge on any atom is 0.223 e. The third-order valence-electron chi connectivity index (χ3n) is 3.07. The van der Waals surface area contributed by atoms with Crippen LogP contribution in [0.2, 0.25) is 0 Å². The fourth-order valence-corrected chi connectivity index (χ4v) is 3.61. The van der Waals surface area contributed by atoms with E-state index in [-0.39, 0.29) is 10.9 Å². The molecule has 0 saturated heterocycles. The van der Waals surface area contributed by atoms with Crippen molar-refractivity contribution < 1.29 is 13.2 Å². The Kier molecular flexibility index (Phi) is 3.87. The van der Waals surface area contributed by atoms with Crippen molar-refractivity contribution in [1.29, 1.82) is 0 Å². The van der Waals surface area contributed by atoms with Crippen LogP contribution in [0.3, 0.4) is 0 Å². The van der Waals surface area contributed by atoms with E-state index in [2.05, 4.69) is 15.3 Å². The van der Waals surface area contributed by atoms with Gasteiger partial charge in [0.2, 0.25) is 5.91 Å². The summed E-state index contributed by atoms with van der Waals surface area (Å²) in [6, 6.07) is 10.4. The van der Waals surface area contributed by atoms with Crippen LogP contribution in [0.15, 0.2) is 41.4 Å². The van der Waals surface area contributed by atoms with Crippen molar-refractivity contribution >= 4 is 42.4 Å². The molecular formula is C15H13N3O3S2. The number of hydrogen-bond donors (Lipinski definition) is 1. The van der Waals surface area contributed by atoms with Crippen molar-refractivity contribution in [3.05, 3.63) is 36.4 Å². The van der Waals surface area contributed by atoms with Gasteiger partial charge in [-0.2, -0.15) is 0 Å². The lowest BCUT2D eigenvalue weighted by Gasteiger charge is -2.03. The van der Waals surface area contributed by atoms with Gasteiger partial charge in [-0.25, -0.2) is 18.4 Å². The third-order valence-corrected chi connectivity index (χ3v) is 4.99. The molecule has 1 amide bonds. The van der Waals surface area contributed by atoms with E-state index in [4.69, 9.17) is 0 Å². The normalized spacial score (nSPS) is 11.6. The van der Waals surface area contributed by atoms with Gasteiger partial charge < -0.3 is 5.32 Å². The van der Waals surface area contributed by atoms with Gasteiger partial charge in [-0.3, -0.25) is 4.79 Å². The first-order valence-corrected chi connectivity index (χ1v) is 9.39. The molecule has 0 saturated carbocycles. The molecule has 0 radical (unpaired) electrons. The number of sulfone groups is 1. The molecule has 1 N–H and O–H groups in total. The predicted octanol–water partition coefficient (Wildman–Crippen LogP) is 2.72. The molecule has 0 bridgehead atoms.